The van der Waals surface area contributed by atoms with Crippen molar-refractivity contribution in [3.8, 4) is 17.2 Å². The third kappa shape index (κ3) is 3.44. The van der Waals surface area contributed by atoms with E-state index in [1.807, 2.05) is 0 Å². The van der Waals surface area contributed by atoms with Gasteiger partial charge in [0, 0.05) is 31.1 Å². The summed E-state index contributed by atoms with van der Waals surface area (Å²) in [6, 6.07) is 8.26. The zero-order valence-electron chi connectivity index (χ0n) is 12.3. The van der Waals surface area contributed by atoms with E-state index in [2.05, 4.69) is 4.98 Å². The Morgan fingerprint density at radius 3 is 2.59 bits per heavy atom. The molecule has 0 aliphatic heterocycles. The molecule has 0 aliphatic rings. The van der Waals surface area contributed by atoms with Gasteiger partial charge in [-0.3, -0.25) is 9.78 Å². The molecule has 1 aromatic carbocycles. The van der Waals surface area contributed by atoms with Crippen LogP contribution in [0.5, 0.6) is 17.2 Å². The number of nitrogen functional groups attached to an aromatic ring is 1. The number of hydrogen-bond acceptors (Lipinski definition) is 6. The second-order valence-corrected chi connectivity index (χ2v) is 4.45. The first kappa shape index (κ1) is 15.6. The molecule has 2 rings (SSSR count). The first-order valence-electron chi connectivity index (χ1n) is 6.44. The summed E-state index contributed by atoms with van der Waals surface area (Å²) in [6.45, 7) is 0. The summed E-state index contributed by atoms with van der Waals surface area (Å²) < 4.78 is 16.0. The van der Waals surface area contributed by atoms with Gasteiger partial charge in [-0.1, -0.05) is 0 Å². The number of primary amides is 1. The van der Waals surface area contributed by atoms with Crippen molar-refractivity contribution in [1.82, 2.24) is 4.98 Å². The molecule has 1 aromatic heterocycles. The van der Waals surface area contributed by atoms with Crippen molar-refractivity contribution in [2.24, 2.45) is 5.73 Å². The van der Waals surface area contributed by atoms with Gasteiger partial charge in [0.1, 0.15) is 5.75 Å². The van der Waals surface area contributed by atoms with E-state index in [9.17, 15) is 4.79 Å². The van der Waals surface area contributed by atoms with Crippen LogP contribution in [0.15, 0.2) is 36.5 Å². The Labute approximate surface area is 127 Å². The summed E-state index contributed by atoms with van der Waals surface area (Å²) in [5, 5.41) is 0. The molecule has 7 nitrogen and oxygen atoms in total. The van der Waals surface area contributed by atoms with Crippen molar-refractivity contribution >= 4 is 11.6 Å². The SMILES string of the molecule is COc1cc(N)ccc1Oc1ccnc(C(OC)C(N)=O)c1. The van der Waals surface area contributed by atoms with Crippen molar-refractivity contribution in [3.05, 3.63) is 42.2 Å². The smallest absolute Gasteiger partial charge is 0.252 e. The van der Waals surface area contributed by atoms with Crippen molar-refractivity contribution in [2.75, 3.05) is 20.0 Å². The molecule has 0 radical (unpaired) electrons. The minimum absolute atomic E-state index is 0.363. The van der Waals surface area contributed by atoms with E-state index in [4.69, 9.17) is 25.7 Å². The van der Waals surface area contributed by atoms with E-state index in [1.54, 1.807) is 30.3 Å². The van der Waals surface area contributed by atoms with Gasteiger partial charge in [-0.2, -0.15) is 0 Å². The average Bonchev–Trinajstić information content (AvgIpc) is 2.50. The maximum absolute atomic E-state index is 11.3. The van der Waals surface area contributed by atoms with Gasteiger partial charge in [-0.15, -0.1) is 0 Å². The van der Waals surface area contributed by atoms with Crippen LogP contribution in [0, 0.1) is 0 Å². The maximum atomic E-state index is 11.3. The highest BCUT2D eigenvalue weighted by Gasteiger charge is 2.19. The molecule has 0 fully saturated rings. The summed E-state index contributed by atoms with van der Waals surface area (Å²) in [6.07, 6.45) is 0.570. The number of nitrogens with zero attached hydrogens (tertiary/aromatic N) is 1. The Kier molecular flexibility index (Phi) is 4.80. The van der Waals surface area contributed by atoms with Crippen LogP contribution in [-0.2, 0) is 9.53 Å². The number of ether oxygens (including phenoxy) is 3. The van der Waals surface area contributed by atoms with E-state index in [0.29, 0.717) is 28.6 Å². The molecule has 0 bridgehead atoms. The predicted octanol–water partition coefficient (Wildman–Crippen LogP) is 1.64. The normalized spacial score (nSPS) is 11.7. The Morgan fingerprint density at radius 1 is 1.18 bits per heavy atom. The second-order valence-electron chi connectivity index (χ2n) is 4.45. The van der Waals surface area contributed by atoms with Crippen molar-refractivity contribution in [2.45, 2.75) is 6.10 Å². The van der Waals surface area contributed by atoms with Crippen LogP contribution in [0.25, 0.3) is 0 Å². The number of anilines is 1. The zero-order valence-corrected chi connectivity index (χ0v) is 12.3. The van der Waals surface area contributed by atoms with Gasteiger partial charge in [0.2, 0.25) is 0 Å². The molecule has 0 aliphatic carbocycles. The van der Waals surface area contributed by atoms with Crippen LogP contribution in [0.2, 0.25) is 0 Å². The predicted molar refractivity (Wildman–Crippen MR) is 80.7 cm³/mol. The maximum Gasteiger partial charge on any atom is 0.252 e. The third-order valence-electron chi connectivity index (χ3n) is 2.93. The molecule has 2 aromatic rings. The van der Waals surface area contributed by atoms with Gasteiger partial charge >= 0.3 is 0 Å². The fraction of sp³-hybridized carbons (Fsp3) is 0.200. The molecule has 0 spiro atoms. The lowest BCUT2D eigenvalue weighted by molar-refractivity contribution is -0.128. The summed E-state index contributed by atoms with van der Waals surface area (Å²) in [5.41, 5.74) is 11.9. The molecule has 1 unspecified atom stereocenters. The minimum Gasteiger partial charge on any atom is -0.493 e. The lowest BCUT2D eigenvalue weighted by atomic mass is 10.2. The molecule has 7 heteroatoms. The Bertz CT molecular complexity index is 676. The number of hydrogen-bond donors (Lipinski definition) is 2. The van der Waals surface area contributed by atoms with Crippen molar-refractivity contribution in [3.63, 3.8) is 0 Å². The van der Waals surface area contributed by atoms with Gasteiger partial charge in [0.25, 0.3) is 5.91 Å². The molecule has 4 N–H and O–H groups in total. The van der Waals surface area contributed by atoms with E-state index >= 15 is 0 Å². The standard InChI is InChI=1S/C15H17N3O4/c1-20-13-7-9(16)3-4-12(13)22-10-5-6-18-11(8-10)14(21-2)15(17)19/h3-8,14H,16H2,1-2H3,(H2,17,19). The summed E-state index contributed by atoms with van der Waals surface area (Å²) >= 11 is 0. The van der Waals surface area contributed by atoms with Crippen LogP contribution in [0.3, 0.4) is 0 Å². The third-order valence-corrected chi connectivity index (χ3v) is 2.93. The van der Waals surface area contributed by atoms with Crippen molar-refractivity contribution in [1.29, 1.82) is 0 Å². The van der Waals surface area contributed by atoms with Crippen molar-refractivity contribution < 1.29 is 19.0 Å². The van der Waals surface area contributed by atoms with Gasteiger partial charge < -0.3 is 25.7 Å². The number of methoxy groups -OCH3 is 2. The molecule has 0 saturated heterocycles. The van der Waals surface area contributed by atoms with E-state index in [-0.39, 0.29) is 0 Å². The molecule has 22 heavy (non-hydrogen) atoms. The number of nitrogens with two attached hydrogens (primary N) is 2. The van der Waals surface area contributed by atoms with E-state index in [1.165, 1.54) is 20.4 Å². The summed E-state index contributed by atoms with van der Waals surface area (Å²) in [7, 11) is 2.90. The molecule has 1 heterocycles. The first-order chi connectivity index (χ1) is 10.5. The van der Waals surface area contributed by atoms with Gasteiger partial charge in [0.15, 0.2) is 17.6 Å². The largest absolute Gasteiger partial charge is 0.493 e. The van der Waals surface area contributed by atoms with E-state index < -0.39 is 12.0 Å². The quantitative estimate of drug-likeness (QED) is 0.785. The van der Waals surface area contributed by atoms with Crippen LogP contribution < -0.4 is 20.9 Å². The van der Waals surface area contributed by atoms with Crippen LogP contribution in [0.1, 0.15) is 11.8 Å². The number of rotatable bonds is 6. The highest BCUT2D eigenvalue weighted by Crippen LogP contribution is 2.33. The molecular formula is C15H17N3O4. The van der Waals surface area contributed by atoms with Crippen LogP contribution in [0.4, 0.5) is 5.69 Å². The number of pyridine rings is 1. The highest BCUT2D eigenvalue weighted by atomic mass is 16.5. The highest BCUT2D eigenvalue weighted by molar-refractivity contribution is 5.80. The monoisotopic (exact) mass is 303 g/mol. The minimum atomic E-state index is -0.933. The van der Waals surface area contributed by atoms with Gasteiger partial charge in [0.05, 0.1) is 12.8 Å². The Hall–Kier alpha value is -2.80. The zero-order chi connectivity index (χ0) is 16.1. The van der Waals surface area contributed by atoms with Crippen LogP contribution >= 0.6 is 0 Å². The molecule has 0 saturated carbocycles. The fourth-order valence-corrected chi connectivity index (χ4v) is 1.91. The van der Waals surface area contributed by atoms with E-state index in [0.717, 1.165) is 0 Å². The molecular weight excluding hydrogens is 286 g/mol. The number of carbonyl (C=O) groups excluding carboxylic acids is 1. The molecule has 1 atom stereocenters. The summed E-state index contributed by atoms with van der Waals surface area (Å²) in [4.78, 5) is 15.4. The second kappa shape index (κ2) is 6.77. The average molecular weight is 303 g/mol. The lowest BCUT2D eigenvalue weighted by Gasteiger charge is -2.14. The molecule has 1 amide bonds. The number of benzene rings is 1. The van der Waals surface area contributed by atoms with Crippen LogP contribution in [-0.4, -0.2) is 25.1 Å². The number of carbonyl (C=O) groups is 1. The van der Waals surface area contributed by atoms with Gasteiger partial charge in [-0.25, -0.2) is 0 Å². The Morgan fingerprint density at radius 2 is 1.95 bits per heavy atom. The topological polar surface area (TPSA) is 110 Å². The number of amides is 1. The summed E-state index contributed by atoms with van der Waals surface area (Å²) in [5.74, 6) is 0.826. The fourth-order valence-electron chi connectivity index (χ4n) is 1.91. The lowest BCUT2D eigenvalue weighted by Crippen LogP contribution is -2.23. The number of aromatic nitrogens is 1. The Balaban J connectivity index is 2.29. The van der Waals surface area contributed by atoms with Gasteiger partial charge in [-0.05, 0) is 18.2 Å². The first-order valence-corrected chi connectivity index (χ1v) is 6.44. The molecule has 116 valence electrons.